The van der Waals surface area contributed by atoms with Crippen LogP contribution in [0.4, 0.5) is 0 Å². The van der Waals surface area contributed by atoms with E-state index in [-0.39, 0.29) is 12.2 Å². The molecule has 0 radical (unpaired) electrons. The second kappa shape index (κ2) is 5.21. The zero-order valence-corrected chi connectivity index (χ0v) is 11.2. The van der Waals surface area contributed by atoms with Gasteiger partial charge in [-0.3, -0.25) is 14.8 Å². The van der Waals surface area contributed by atoms with Gasteiger partial charge in [-0.1, -0.05) is 24.3 Å². The SMILES string of the molecule is Cc1ccnc(C(=O)Cc2ccc3ccccc3n2)c1. The molecule has 2 heterocycles. The number of nitrogens with zero attached hydrogens (tertiary/aromatic N) is 2. The third kappa shape index (κ3) is 2.57. The van der Waals surface area contributed by atoms with Crippen LogP contribution in [0.3, 0.4) is 0 Å². The highest BCUT2D eigenvalue weighted by Gasteiger charge is 2.10. The second-order valence-corrected chi connectivity index (χ2v) is 4.81. The molecule has 0 saturated heterocycles. The molecule has 0 bridgehead atoms. The quantitative estimate of drug-likeness (QED) is 0.680. The molecule has 98 valence electrons. The van der Waals surface area contributed by atoms with Crippen molar-refractivity contribution < 1.29 is 4.79 Å². The van der Waals surface area contributed by atoms with Gasteiger partial charge in [0.15, 0.2) is 5.78 Å². The smallest absolute Gasteiger partial charge is 0.187 e. The van der Waals surface area contributed by atoms with Crippen molar-refractivity contribution in [3.8, 4) is 0 Å². The fraction of sp³-hybridized carbons (Fsp3) is 0.118. The highest BCUT2D eigenvalue weighted by atomic mass is 16.1. The van der Waals surface area contributed by atoms with Crippen LogP contribution in [0.5, 0.6) is 0 Å². The van der Waals surface area contributed by atoms with E-state index in [0.29, 0.717) is 5.69 Å². The van der Waals surface area contributed by atoms with Gasteiger partial charge in [-0.15, -0.1) is 0 Å². The molecule has 2 aromatic heterocycles. The van der Waals surface area contributed by atoms with Crippen LogP contribution in [0.15, 0.2) is 54.7 Å². The Morgan fingerprint density at radius 2 is 1.95 bits per heavy atom. The first-order valence-electron chi connectivity index (χ1n) is 6.53. The van der Waals surface area contributed by atoms with Crippen molar-refractivity contribution in [2.45, 2.75) is 13.3 Å². The van der Waals surface area contributed by atoms with Crippen molar-refractivity contribution in [2.75, 3.05) is 0 Å². The van der Waals surface area contributed by atoms with Crippen LogP contribution in [0.25, 0.3) is 10.9 Å². The molecule has 0 N–H and O–H groups in total. The fourth-order valence-electron chi connectivity index (χ4n) is 2.15. The number of carbonyl (C=O) groups excluding carboxylic acids is 1. The van der Waals surface area contributed by atoms with Gasteiger partial charge in [0, 0.05) is 17.3 Å². The Hall–Kier alpha value is -2.55. The second-order valence-electron chi connectivity index (χ2n) is 4.81. The molecular formula is C17H14N2O. The number of para-hydroxylation sites is 1. The summed E-state index contributed by atoms with van der Waals surface area (Å²) < 4.78 is 0. The van der Waals surface area contributed by atoms with Crippen molar-refractivity contribution in [3.05, 3.63) is 71.7 Å². The molecule has 20 heavy (non-hydrogen) atoms. The molecule has 0 unspecified atom stereocenters. The molecule has 3 heteroatoms. The van der Waals surface area contributed by atoms with E-state index < -0.39 is 0 Å². The van der Waals surface area contributed by atoms with Gasteiger partial charge in [-0.25, -0.2) is 0 Å². The van der Waals surface area contributed by atoms with Crippen LogP contribution in [-0.2, 0) is 6.42 Å². The normalized spacial score (nSPS) is 10.7. The van der Waals surface area contributed by atoms with Gasteiger partial charge in [0.1, 0.15) is 5.69 Å². The van der Waals surface area contributed by atoms with Crippen LogP contribution in [0.2, 0.25) is 0 Å². The van der Waals surface area contributed by atoms with Crippen molar-refractivity contribution in [1.29, 1.82) is 0 Å². The Morgan fingerprint density at radius 1 is 1.10 bits per heavy atom. The number of rotatable bonds is 3. The lowest BCUT2D eigenvalue weighted by Gasteiger charge is -2.03. The maximum absolute atomic E-state index is 12.2. The number of fused-ring (bicyclic) bond motifs is 1. The van der Waals surface area contributed by atoms with Crippen LogP contribution >= 0.6 is 0 Å². The van der Waals surface area contributed by atoms with E-state index in [1.165, 1.54) is 0 Å². The van der Waals surface area contributed by atoms with Crippen molar-refractivity contribution >= 4 is 16.7 Å². The molecule has 3 nitrogen and oxygen atoms in total. The number of hydrogen-bond donors (Lipinski definition) is 0. The molecule has 3 aromatic rings. The molecule has 0 amide bonds. The summed E-state index contributed by atoms with van der Waals surface area (Å²) in [7, 11) is 0. The fourth-order valence-corrected chi connectivity index (χ4v) is 2.15. The first-order valence-corrected chi connectivity index (χ1v) is 6.53. The average molecular weight is 262 g/mol. The summed E-state index contributed by atoms with van der Waals surface area (Å²) in [4.78, 5) is 20.8. The van der Waals surface area contributed by atoms with E-state index in [2.05, 4.69) is 9.97 Å². The van der Waals surface area contributed by atoms with Gasteiger partial charge in [-0.2, -0.15) is 0 Å². The molecule has 3 rings (SSSR count). The predicted octanol–water partition coefficient (Wildman–Crippen LogP) is 3.36. The molecule has 0 saturated carbocycles. The van der Waals surface area contributed by atoms with E-state index in [4.69, 9.17) is 0 Å². The van der Waals surface area contributed by atoms with Gasteiger partial charge < -0.3 is 0 Å². The minimum absolute atomic E-state index is 0.00326. The highest BCUT2D eigenvalue weighted by molar-refractivity contribution is 5.95. The maximum atomic E-state index is 12.2. The Kier molecular flexibility index (Phi) is 3.25. The maximum Gasteiger partial charge on any atom is 0.187 e. The Labute approximate surface area is 117 Å². The van der Waals surface area contributed by atoms with Gasteiger partial charge in [0.25, 0.3) is 0 Å². The molecule has 0 aliphatic heterocycles. The molecule has 0 aliphatic rings. The minimum Gasteiger partial charge on any atom is -0.292 e. The summed E-state index contributed by atoms with van der Waals surface area (Å²) in [5, 5.41) is 1.08. The van der Waals surface area contributed by atoms with Crippen LogP contribution < -0.4 is 0 Å². The summed E-state index contributed by atoms with van der Waals surface area (Å²) in [5.41, 5.74) is 3.22. The van der Waals surface area contributed by atoms with E-state index >= 15 is 0 Å². The van der Waals surface area contributed by atoms with Crippen LogP contribution in [0, 0.1) is 6.92 Å². The van der Waals surface area contributed by atoms with E-state index in [0.717, 1.165) is 22.2 Å². The van der Waals surface area contributed by atoms with Crippen molar-refractivity contribution in [3.63, 3.8) is 0 Å². The standard InChI is InChI=1S/C17H14N2O/c1-12-8-9-18-16(10-12)17(20)11-14-7-6-13-4-2-3-5-15(13)19-14/h2-10H,11H2,1H3. The summed E-state index contributed by atoms with van der Waals surface area (Å²) in [6.45, 7) is 1.95. The van der Waals surface area contributed by atoms with Gasteiger partial charge in [-0.05, 0) is 36.8 Å². The predicted molar refractivity (Wildman–Crippen MR) is 78.8 cm³/mol. The lowest BCUT2D eigenvalue weighted by Crippen LogP contribution is -2.07. The Bertz CT molecular complexity index is 781. The lowest BCUT2D eigenvalue weighted by atomic mass is 10.1. The number of aromatic nitrogens is 2. The summed E-state index contributed by atoms with van der Waals surface area (Å²) in [6.07, 6.45) is 1.94. The van der Waals surface area contributed by atoms with Crippen molar-refractivity contribution in [2.24, 2.45) is 0 Å². The van der Waals surface area contributed by atoms with Gasteiger partial charge in [0.05, 0.1) is 11.9 Å². The molecule has 0 aliphatic carbocycles. The number of hydrogen-bond acceptors (Lipinski definition) is 3. The summed E-state index contributed by atoms with van der Waals surface area (Å²) in [6, 6.07) is 15.5. The van der Waals surface area contributed by atoms with Gasteiger partial charge in [0.2, 0.25) is 0 Å². The molecule has 0 spiro atoms. The highest BCUT2D eigenvalue weighted by Crippen LogP contribution is 2.13. The summed E-state index contributed by atoms with van der Waals surface area (Å²) >= 11 is 0. The number of Topliss-reactive ketones (excluding diaryl/α,β-unsaturated/α-hetero) is 1. The third-order valence-corrected chi connectivity index (χ3v) is 3.20. The Morgan fingerprint density at radius 3 is 2.80 bits per heavy atom. The monoisotopic (exact) mass is 262 g/mol. The molecule has 0 atom stereocenters. The lowest BCUT2D eigenvalue weighted by molar-refractivity contribution is 0.0987. The third-order valence-electron chi connectivity index (χ3n) is 3.20. The zero-order valence-electron chi connectivity index (χ0n) is 11.2. The van der Waals surface area contributed by atoms with E-state index in [1.54, 1.807) is 6.20 Å². The summed E-state index contributed by atoms with van der Waals surface area (Å²) in [5.74, 6) is -0.00326. The van der Waals surface area contributed by atoms with E-state index in [1.807, 2.05) is 55.5 Å². The van der Waals surface area contributed by atoms with Crippen molar-refractivity contribution in [1.82, 2.24) is 9.97 Å². The van der Waals surface area contributed by atoms with Gasteiger partial charge >= 0.3 is 0 Å². The van der Waals surface area contributed by atoms with Crippen LogP contribution in [0.1, 0.15) is 21.7 Å². The van der Waals surface area contributed by atoms with E-state index in [9.17, 15) is 4.79 Å². The average Bonchev–Trinajstić information content (AvgIpc) is 2.47. The Balaban J connectivity index is 1.87. The minimum atomic E-state index is -0.00326. The topological polar surface area (TPSA) is 42.9 Å². The number of aryl methyl sites for hydroxylation is 1. The molecular weight excluding hydrogens is 248 g/mol. The first-order chi connectivity index (χ1) is 9.72. The molecule has 1 aromatic carbocycles. The largest absolute Gasteiger partial charge is 0.292 e. The number of ketones is 1. The number of carbonyl (C=O) groups is 1. The number of benzene rings is 1. The van der Waals surface area contributed by atoms with Crippen LogP contribution in [-0.4, -0.2) is 15.8 Å². The number of pyridine rings is 2. The zero-order chi connectivity index (χ0) is 13.9. The first kappa shape index (κ1) is 12.5. The molecule has 0 fully saturated rings.